The summed E-state index contributed by atoms with van der Waals surface area (Å²) in [7, 11) is 1.50. The van der Waals surface area contributed by atoms with Crippen molar-refractivity contribution in [3.8, 4) is 17.2 Å². The number of methoxy groups -OCH3 is 1. The van der Waals surface area contributed by atoms with Gasteiger partial charge in [-0.25, -0.2) is 9.69 Å². The standard InChI is InChI=1S/C40H47N3O9/c1-4-18-51-40(47)43-30-23-34(49-20-11-15-35(45)42-24-25(2)37-27-13-6-5-12-26(27)32(44)22-31(37)42)33(48-3)21-28(30)38(46)41-17-9-7-14-29(41)39(43)52-36-16-8-10-19-50-36/h4-6,12-13,21-23,25,29,36,39,44H,1,7-11,14-20,24H2,2-3H3/t25-,29+,36?,39?/m1/s1. The van der Waals surface area contributed by atoms with Crippen molar-refractivity contribution in [2.45, 2.75) is 82.8 Å². The lowest BCUT2D eigenvalue weighted by Gasteiger charge is -2.42. The topological polar surface area (TPSA) is 127 Å². The summed E-state index contributed by atoms with van der Waals surface area (Å²) in [5.74, 6) is 0.604. The first-order valence-electron chi connectivity index (χ1n) is 18.4. The maximum absolute atomic E-state index is 14.2. The number of fused-ring (bicyclic) bond motifs is 5. The minimum atomic E-state index is -0.868. The molecule has 0 saturated carbocycles. The maximum atomic E-state index is 14.2. The number of anilines is 2. The largest absolute Gasteiger partial charge is 0.507 e. The SMILES string of the molecule is C=CCOC(=O)N1c2cc(OCCCC(=O)N3C[C@@H](C)c4c3cc(O)c3ccccc43)c(OC)cc2C(=O)N2CCCC[C@H]2C1OC1CCCCO1. The number of carbonyl (C=O) groups is 3. The number of nitrogens with zero attached hydrogens (tertiary/aromatic N) is 3. The van der Waals surface area contributed by atoms with E-state index in [0.29, 0.717) is 50.5 Å². The predicted molar refractivity (Wildman–Crippen MR) is 195 cm³/mol. The van der Waals surface area contributed by atoms with Gasteiger partial charge < -0.3 is 38.6 Å². The summed E-state index contributed by atoms with van der Waals surface area (Å²) in [4.78, 5) is 46.7. The number of benzene rings is 3. The van der Waals surface area contributed by atoms with Crippen LogP contribution in [0, 0.1) is 0 Å². The van der Waals surface area contributed by atoms with Crippen LogP contribution < -0.4 is 19.3 Å². The van der Waals surface area contributed by atoms with E-state index in [1.54, 1.807) is 28.0 Å². The van der Waals surface area contributed by atoms with Crippen molar-refractivity contribution < 1.29 is 43.2 Å². The van der Waals surface area contributed by atoms with Gasteiger partial charge in [0.2, 0.25) is 5.91 Å². The third-order valence-corrected chi connectivity index (χ3v) is 10.5. The minimum absolute atomic E-state index is 0.0245. The smallest absolute Gasteiger partial charge is 0.416 e. The second kappa shape index (κ2) is 15.4. The number of hydrogen-bond donors (Lipinski definition) is 1. The zero-order valence-electron chi connectivity index (χ0n) is 29.9. The first kappa shape index (κ1) is 35.6. The second-order valence-electron chi connectivity index (χ2n) is 13.9. The van der Waals surface area contributed by atoms with E-state index in [4.69, 9.17) is 23.7 Å². The van der Waals surface area contributed by atoms with Crippen LogP contribution in [0.3, 0.4) is 0 Å². The Labute approximate surface area is 303 Å². The van der Waals surface area contributed by atoms with E-state index in [0.717, 1.165) is 47.7 Å². The van der Waals surface area contributed by atoms with Crippen molar-refractivity contribution in [2.75, 3.05) is 49.8 Å². The highest BCUT2D eigenvalue weighted by Crippen LogP contribution is 2.45. The summed E-state index contributed by atoms with van der Waals surface area (Å²) in [5.41, 5.74) is 2.36. The molecule has 4 aliphatic heterocycles. The number of ether oxygens (including phenoxy) is 5. The van der Waals surface area contributed by atoms with Gasteiger partial charge in [0.1, 0.15) is 12.4 Å². The van der Waals surface area contributed by atoms with Gasteiger partial charge in [-0.15, -0.1) is 0 Å². The molecule has 2 unspecified atom stereocenters. The van der Waals surface area contributed by atoms with Crippen LogP contribution in [0.1, 0.15) is 80.1 Å². The van der Waals surface area contributed by atoms with Gasteiger partial charge in [0, 0.05) is 49.6 Å². The number of piperidine rings is 1. The average Bonchev–Trinajstić information content (AvgIpc) is 3.46. The lowest BCUT2D eigenvalue weighted by molar-refractivity contribution is -0.198. The first-order valence-corrected chi connectivity index (χ1v) is 18.4. The van der Waals surface area contributed by atoms with E-state index in [1.807, 2.05) is 24.3 Å². The fourth-order valence-electron chi connectivity index (χ4n) is 8.04. The van der Waals surface area contributed by atoms with E-state index < -0.39 is 24.7 Å². The molecular formula is C40H47N3O9. The summed E-state index contributed by atoms with van der Waals surface area (Å²) in [5, 5.41) is 12.5. The molecule has 276 valence electrons. The summed E-state index contributed by atoms with van der Waals surface area (Å²) < 4.78 is 30.1. The van der Waals surface area contributed by atoms with Crippen molar-refractivity contribution >= 4 is 40.1 Å². The number of phenolic OH excluding ortho intramolecular Hbond substituents is 1. The van der Waals surface area contributed by atoms with Crippen LogP contribution in [-0.2, 0) is 19.0 Å². The number of rotatable bonds is 10. The van der Waals surface area contributed by atoms with E-state index in [1.165, 1.54) is 18.1 Å². The Bertz CT molecular complexity index is 1840. The van der Waals surface area contributed by atoms with Crippen molar-refractivity contribution in [1.82, 2.24) is 4.90 Å². The van der Waals surface area contributed by atoms with Crippen LogP contribution in [-0.4, -0.2) is 86.5 Å². The molecule has 0 radical (unpaired) electrons. The zero-order chi connectivity index (χ0) is 36.4. The zero-order valence-corrected chi connectivity index (χ0v) is 29.9. The van der Waals surface area contributed by atoms with E-state index in [-0.39, 0.29) is 54.4 Å². The summed E-state index contributed by atoms with van der Waals surface area (Å²) in [6.45, 7) is 7.54. The van der Waals surface area contributed by atoms with E-state index in [9.17, 15) is 19.5 Å². The molecule has 4 aliphatic rings. The fourth-order valence-corrected chi connectivity index (χ4v) is 8.04. The van der Waals surface area contributed by atoms with Crippen LogP contribution in [0.4, 0.5) is 16.2 Å². The normalized spacial score (nSPS) is 22.7. The summed E-state index contributed by atoms with van der Waals surface area (Å²) in [6, 6.07) is 12.2. The lowest BCUT2D eigenvalue weighted by Crippen LogP contribution is -2.57. The van der Waals surface area contributed by atoms with Crippen LogP contribution in [0.15, 0.2) is 55.1 Å². The first-order chi connectivity index (χ1) is 25.3. The Hall–Kier alpha value is -4.81. The molecule has 0 aliphatic carbocycles. The third-order valence-electron chi connectivity index (χ3n) is 10.5. The van der Waals surface area contributed by atoms with Crippen molar-refractivity contribution in [3.05, 3.63) is 66.2 Å². The maximum Gasteiger partial charge on any atom is 0.416 e. The molecular weight excluding hydrogens is 666 g/mol. The quantitative estimate of drug-likeness (QED) is 0.177. The summed E-state index contributed by atoms with van der Waals surface area (Å²) >= 11 is 0. The molecule has 4 atom stereocenters. The Balaban J connectivity index is 1.14. The van der Waals surface area contributed by atoms with Gasteiger partial charge in [0.25, 0.3) is 5.91 Å². The molecule has 3 aromatic carbocycles. The number of phenols is 1. The third kappa shape index (κ3) is 6.77. The van der Waals surface area contributed by atoms with Crippen molar-refractivity contribution in [1.29, 1.82) is 0 Å². The van der Waals surface area contributed by atoms with Crippen molar-refractivity contribution in [2.24, 2.45) is 0 Å². The molecule has 52 heavy (non-hydrogen) atoms. The molecule has 12 heteroatoms. The van der Waals surface area contributed by atoms with Gasteiger partial charge in [0.15, 0.2) is 24.0 Å². The molecule has 3 aromatic rings. The molecule has 1 N–H and O–H groups in total. The highest BCUT2D eigenvalue weighted by molar-refractivity contribution is 6.06. The van der Waals surface area contributed by atoms with Gasteiger partial charge in [-0.05, 0) is 62.0 Å². The number of carbonyl (C=O) groups excluding carboxylic acids is 3. The Morgan fingerprint density at radius 3 is 2.62 bits per heavy atom. The number of hydrogen-bond acceptors (Lipinski definition) is 9. The molecule has 0 bridgehead atoms. The highest BCUT2D eigenvalue weighted by atomic mass is 16.7. The molecule has 4 heterocycles. The molecule has 7 rings (SSSR count). The molecule has 0 aromatic heterocycles. The van der Waals surface area contributed by atoms with Crippen LogP contribution in [0.25, 0.3) is 10.8 Å². The molecule has 2 fully saturated rings. The Morgan fingerprint density at radius 2 is 1.85 bits per heavy atom. The van der Waals surface area contributed by atoms with Gasteiger partial charge >= 0.3 is 6.09 Å². The molecule has 2 saturated heterocycles. The highest BCUT2D eigenvalue weighted by Gasteiger charge is 2.47. The van der Waals surface area contributed by atoms with Gasteiger partial charge in [-0.3, -0.25) is 9.59 Å². The average molecular weight is 714 g/mol. The number of aromatic hydroxyl groups is 1. The van der Waals surface area contributed by atoms with E-state index in [2.05, 4.69) is 13.5 Å². The van der Waals surface area contributed by atoms with Crippen LogP contribution in [0.5, 0.6) is 17.2 Å². The minimum Gasteiger partial charge on any atom is -0.507 e. The fraction of sp³-hybridized carbons (Fsp3) is 0.475. The molecule has 3 amide bonds. The van der Waals surface area contributed by atoms with Crippen LogP contribution >= 0.6 is 0 Å². The summed E-state index contributed by atoms with van der Waals surface area (Å²) in [6.07, 6.45) is 4.91. The molecule has 12 nitrogen and oxygen atoms in total. The van der Waals surface area contributed by atoms with Gasteiger partial charge in [-0.2, -0.15) is 0 Å². The number of amides is 3. The second-order valence-corrected chi connectivity index (χ2v) is 13.9. The van der Waals surface area contributed by atoms with Gasteiger partial charge in [0.05, 0.1) is 36.7 Å². The van der Waals surface area contributed by atoms with Crippen molar-refractivity contribution in [3.63, 3.8) is 0 Å². The van der Waals surface area contributed by atoms with Gasteiger partial charge in [-0.1, -0.05) is 43.8 Å². The molecule has 0 spiro atoms. The Morgan fingerprint density at radius 1 is 1.04 bits per heavy atom. The van der Waals surface area contributed by atoms with Crippen LogP contribution in [0.2, 0.25) is 0 Å². The lowest BCUT2D eigenvalue weighted by atomic mass is 9.95. The van der Waals surface area contributed by atoms with E-state index >= 15 is 0 Å². The Kier molecular flexibility index (Phi) is 10.6. The predicted octanol–water partition coefficient (Wildman–Crippen LogP) is 6.87. The monoisotopic (exact) mass is 713 g/mol.